The smallest absolute Gasteiger partial charge is 0.128 e. The molecule has 0 aliphatic carbocycles. The molecule has 0 aliphatic rings. The molecule has 0 fully saturated rings. The van der Waals surface area contributed by atoms with Gasteiger partial charge in [-0.1, -0.05) is 18.2 Å². The van der Waals surface area contributed by atoms with E-state index in [4.69, 9.17) is 4.74 Å². The van der Waals surface area contributed by atoms with Crippen molar-refractivity contribution in [2.75, 3.05) is 5.32 Å². The lowest BCUT2D eigenvalue weighted by atomic mass is 10.1. The number of nitrogens with one attached hydrogen (secondary N) is 1. The largest absolute Gasteiger partial charge is 0.491 e. The molecular weight excluding hydrogens is 265 g/mol. The van der Waals surface area contributed by atoms with Crippen LogP contribution in [0.4, 0.5) is 10.1 Å². The Morgan fingerprint density at radius 3 is 2.29 bits per heavy atom. The highest BCUT2D eigenvalue weighted by molar-refractivity contribution is 5.52. The molecule has 0 saturated carbocycles. The van der Waals surface area contributed by atoms with Gasteiger partial charge in [0, 0.05) is 17.3 Å². The van der Waals surface area contributed by atoms with Gasteiger partial charge in [0.15, 0.2) is 0 Å². The molecule has 1 atom stereocenters. The normalized spacial score (nSPS) is 12.3. The zero-order valence-corrected chi connectivity index (χ0v) is 13.0. The predicted octanol–water partition coefficient (Wildman–Crippen LogP) is 5.09. The molecule has 21 heavy (non-hydrogen) atoms. The van der Waals surface area contributed by atoms with Crippen LogP contribution in [0.25, 0.3) is 0 Å². The van der Waals surface area contributed by atoms with E-state index < -0.39 is 0 Å². The van der Waals surface area contributed by atoms with Gasteiger partial charge in [-0.2, -0.15) is 0 Å². The van der Waals surface area contributed by atoms with Crippen LogP contribution in [0, 0.1) is 12.7 Å². The van der Waals surface area contributed by atoms with Gasteiger partial charge in [-0.15, -0.1) is 0 Å². The maximum absolute atomic E-state index is 13.5. The fraction of sp³-hybridized carbons (Fsp3) is 0.333. The van der Waals surface area contributed by atoms with Crippen LogP contribution in [-0.2, 0) is 0 Å². The summed E-state index contributed by atoms with van der Waals surface area (Å²) in [6.45, 7) is 7.85. The van der Waals surface area contributed by atoms with Gasteiger partial charge < -0.3 is 10.1 Å². The molecule has 2 nitrogen and oxygen atoms in total. The van der Waals surface area contributed by atoms with Crippen LogP contribution in [0.5, 0.6) is 5.75 Å². The Morgan fingerprint density at radius 2 is 1.67 bits per heavy atom. The summed E-state index contributed by atoms with van der Waals surface area (Å²) in [7, 11) is 0. The number of anilines is 1. The van der Waals surface area contributed by atoms with Crippen LogP contribution in [-0.4, -0.2) is 6.10 Å². The summed E-state index contributed by atoms with van der Waals surface area (Å²) in [6, 6.07) is 13.2. The Morgan fingerprint density at radius 1 is 1.00 bits per heavy atom. The van der Waals surface area contributed by atoms with E-state index in [-0.39, 0.29) is 18.0 Å². The van der Waals surface area contributed by atoms with Gasteiger partial charge in [0.1, 0.15) is 11.6 Å². The van der Waals surface area contributed by atoms with Crippen molar-refractivity contribution in [1.82, 2.24) is 0 Å². The Hall–Kier alpha value is -2.03. The van der Waals surface area contributed by atoms with Crippen molar-refractivity contribution in [3.8, 4) is 5.75 Å². The minimum atomic E-state index is -0.187. The van der Waals surface area contributed by atoms with Gasteiger partial charge >= 0.3 is 0 Å². The summed E-state index contributed by atoms with van der Waals surface area (Å²) in [6.07, 6.45) is 0.168. The number of ether oxygens (including phenoxy) is 1. The summed E-state index contributed by atoms with van der Waals surface area (Å²) < 4.78 is 19.2. The molecule has 3 heteroatoms. The standard InChI is InChI=1S/C18H22FNO/c1-12(2)21-16-10-8-15(9-11-16)14(4)20-18-7-5-6-17(19)13(18)3/h5-12,14,20H,1-4H3. The highest BCUT2D eigenvalue weighted by Crippen LogP contribution is 2.25. The Balaban J connectivity index is 2.09. The first-order chi connectivity index (χ1) is 9.97. The number of hydrogen-bond donors (Lipinski definition) is 1. The van der Waals surface area contributed by atoms with Crippen molar-refractivity contribution in [3.63, 3.8) is 0 Å². The summed E-state index contributed by atoms with van der Waals surface area (Å²) in [5.74, 6) is 0.677. The van der Waals surface area contributed by atoms with E-state index in [9.17, 15) is 4.39 Å². The highest BCUT2D eigenvalue weighted by Gasteiger charge is 2.09. The van der Waals surface area contributed by atoms with Gasteiger partial charge in [0.05, 0.1) is 6.10 Å². The molecule has 0 bridgehead atoms. The first kappa shape index (κ1) is 15.4. The maximum Gasteiger partial charge on any atom is 0.128 e. The van der Waals surface area contributed by atoms with Crippen molar-refractivity contribution in [2.24, 2.45) is 0 Å². The zero-order valence-electron chi connectivity index (χ0n) is 13.0. The van der Waals surface area contributed by atoms with Gasteiger partial charge in [-0.05, 0) is 57.5 Å². The van der Waals surface area contributed by atoms with Gasteiger partial charge in [-0.3, -0.25) is 0 Å². The second-order valence-corrected chi connectivity index (χ2v) is 5.51. The van der Waals surface area contributed by atoms with Crippen molar-refractivity contribution in [3.05, 3.63) is 59.4 Å². The Kier molecular flexibility index (Phi) is 4.84. The zero-order chi connectivity index (χ0) is 15.4. The molecule has 2 rings (SSSR count). The molecule has 0 saturated heterocycles. The van der Waals surface area contributed by atoms with E-state index in [2.05, 4.69) is 12.2 Å². The topological polar surface area (TPSA) is 21.3 Å². The minimum Gasteiger partial charge on any atom is -0.491 e. The van der Waals surface area contributed by atoms with Crippen LogP contribution < -0.4 is 10.1 Å². The predicted molar refractivity (Wildman–Crippen MR) is 85.4 cm³/mol. The van der Waals surface area contributed by atoms with Crippen LogP contribution in [0.2, 0.25) is 0 Å². The van der Waals surface area contributed by atoms with Gasteiger partial charge in [-0.25, -0.2) is 4.39 Å². The second-order valence-electron chi connectivity index (χ2n) is 5.51. The second kappa shape index (κ2) is 6.61. The Bertz CT molecular complexity index is 593. The third-order valence-electron chi connectivity index (χ3n) is 3.39. The third-order valence-corrected chi connectivity index (χ3v) is 3.39. The lowest BCUT2D eigenvalue weighted by Crippen LogP contribution is -2.09. The number of rotatable bonds is 5. The molecule has 0 heterocycles. The SMILES string of the molecule is Cc1c(F)cccc1NC(C)c1ccc(OC(C)C)cc1. The molecule has 0 amide bonds. The molecule has 0 radical (unpaired) electrons. The average Bonchev–Trinajstić information content (AvgIpc) is 2.44. The quantitative estimate of drug-likeness (QED) is 0.826. The van der Waals surface area contributed by atoms with Crippen molar-refractivity contribution < 1.29 is 9.13 Å². The number of hydrogen-bond acceptors (Lipinski definition) is 2. The average molecular weight is 287 g/mol. The van der Waals surface area contributed by atoms with Crippen LogP contribution in [0.3, 0.4) is 0 Å². The fourth-order valence-electron chi connectivity index (χ4n) is 2.19. The highest BCUT2D eigenvalue weighted by atomic mass is 19.1. The third kappa shape index (κ3) is 3.97. The first-order valence-corrected chi connectivity index (χ1v) is 7.25. The summed E-state index contributed by atoms with van der Waals surface area (Å²) >= 11 is 0. The lowest BCUT2D eigenvalue weighted by Gasteiger charge is -2.18. The lowest BCUT2D eigenvalue weighted by molar-refractivity contribution is 0.242. The molecule has 1 N–H and O–H groups in total. The molecule has 0 spiro atoms. The molecule has 2 aromatic carbocycles. The monoisotopic (exact) mass is 287 g/mol. The van der Waals surface area contributed by atoms with E-state index >= 15 is 0 Å². The van der Waals surface area contributed by atoms with Crippen LogP contribution in [0.15, 0.2) is 42.5 Å². The van der Waals surface area contributed by atoms with Gasteiger partial charge in [0.2, 0.25) is 0 Å². The molecule has 0 aliphatic heterocycles. The molecule has 0 aromatic heterocycles. The van der Waals surface area contributed by atoms with Crippen molar-refractivity contribution in [2.45, 2.75) is 39.8 Å². The van der Waals surface area contributed by atoms with E-state index in [1.54, 1.807) is 13.0 Å². The maximum atomic E-state index is 13.5. The van der Waals surface area contributed by atoms with Crippen molar-refractivity contribution >= 4 is 5.69 Å². The molecule has 2 aromatic rings. The van der Waals surface area contributed by atoms with E-state index in [0.717, 1.165) is 17.0 Å². The number of halogens is 1. The molecule has 1 unspecified atom stereocenters. The van der Waals surface area contributed by atoms with Crippen LogP contribution >= 0.6 is 0 Å². The minimum absolute atomic E-state index is 0.0959. The Labute approximate surface area is 126 Å². The summed E-state index contributed by atoms with van der Waals surface area (Å²) in [5.41, 5.74) is 2.60. The van der Waals surface area contributed by atoms with E-state index in [1.807, 2.05) is 44.2 Å². The molecular formula is C18H22FNO. The van der Waals surface area contributed by atoms with E-state index in [0.29, 0.717) is 5.56 Å². The van der Waals surface area contributed by atoms with Crippen molar-refractivity contribution in [1.29, 1.82) is 0 Å². The summed E-state index contributed by atoms with van der Waals surface area (Å²) in [5, 5.41) is 3.35. The molecule has 112 valence electrons. The number of benzene rings is 2. The van der Waals surface area contributed by atoms with Gasteiger partial charge in [0.25, 0.3) is 0 Å². The van der Waals surface area contributed by atoms with E-state index in [1.165, 1.54) is 6.07 Å². The summed E-state index contributed by atoms with van der Waals surface area (Å²) in [4.78, 5) is 0. The first-order valence-electron chi connectivity index (χ1n) is 7.25. The fourth-order valence-corrected chi connectivity index (χ4v) is 2.19. The van der Waals surface area contributed by atoms with Crippen LogP contribution in [0.1, 0.15) is 37.9 Å².